The molecule has 25 heavy (non-hydrogen) atoms. The van der Waals surface area contributed by atoms with Crippen LogP contribution in [0, 0.1) is 13.8 Å². The number of hydrogen-bond acceptors (Lipinski definition) is 0. The molecule has 0 amide bonds. The molecule has 0 unspecified atom stereocenters. The Kier molecular flexibility index (Phi) is 2.98. The number of aromatic nitrogens is 1. The van der Waals surface area contributed by atoms with Crippen LogP contribution in [0.1, 0.15) is 11.1 Å². The van der Waals surface area contributed by atoms with Gasteiger partial charge in [-0.25, -0.2) is 0 Å². The van der Waals surface area contributed by atoms with Gasteiger partial charge in [-0.15, -0.1) is 0 Å². The van der Waals surface area contributed by atoms with Gasteiger partial charge >= 0.3 is 0 Å². The third kappa shape index (κ3) is 2.02. The molecule has 5 aromatic rings. The van der Waals surface area contributed by atoms with Crippen molar-refractivity contribution in [2.75, 3.05) is 0 Å². The quantitative estimate of drug-likeness (QED) is 0.308. The van der Waals surface area contributed by atoms with Gasteiger partial charge in [-0.05, 0) is 70.8 Å². The lowest BCUT2D eigenvalue weighted by Crippen LogP contribution is -1.92. The summed E-state index contributed by atoms with van der Waals surface area (Å²) in [5.41, 5.74) is 5.14. The number of nitrogens with zero attached hydrogens (tertiary/aromatic N) is 1. The summed E-state index contributed by atoms with van der Waals surface area (Å²) >= 11 is 0. The van der Waals surface area contributed by atoms with Crippen molar-refractivity contribution in [1.82, 2.24) is 4.57 Å². The highest BCUT2D eigenvalue weighted by Crippen LogP contribution is 2.36. The largest absolute Gasteiger partial charge is 0.317 e. The molecule has 0 spiro atoms. The summed E-state index contributed by atoms with van der Waals surface area (Å²) in [6, 6.07) is 26.2. The summed E-state index contributed by atoms with van der Waals surface area (Å²) in [5, 5.41) is 6.74. The zero-order valence-corrected chi connectivity index (χ0v) is 14.5. The first kappa shape index (κ1) is 14.3. The van der Waals surface area contributed by atoms with Crippen molar-refractivity contribution < 1.29 is 0 Å². The molecule has 0 aliphatic carbocycles. The van der Waals surface area contributed by atoms with Crippen LogP contribution in [0.25, 0.3) is 38.1 Å². The second kappa shape index (κ2) is 5.22. The van der Waals surface area contributed by atoms with Crippen LogP contribution in [0.2, 0.25) is 0 Å². The molecule has 1 aromatic heterocycles. The van der Waals surface area contributed by atoms with Gasteiger partial charge in [0, 0.05) is 17.3 Å². The average molecular weight is 321 g/mol. The second-order valence-corrected chi connectivity index (χ2v) is 6.81. The van der Waals surface area contributed by atoms with Gasteiger partial charge in [-0.1, -0.05) is 48.5 Å². The maximum atomic E-state index is 2.33. The average Bonchev–Trinajstić information content (AvgIpc) is 3.06. The number of hydrogen-bond donors (Lipinski definition) is 0. The molecule has 4 aromatic carbocycles. The Balaban J connectivity index is 1.95. The molecular weight excluding hydrogens is 302 g/mol. The van der Waals surface area contributed by atoms with Crippen LogP contribution >= 0.6 is 0 Å². The summed E-state index contributed by atoms with van der Waals surface area (Å²) in [5.74, 6) is 0. The molecule has 0 aliphatic rings. The van der Waals surface area contributed by atoms with Gasteiger partial charge in [0.15, 0.2) is 0 Å². The molecule has 0 bridgehead atoms. The lowest BCUT2D eigenvalue weighted by Gasteiger charge is -2.12. The highest BCUT2D eigenvalue weighted by Gasteiger charge is 2.12. The lowest BCUT2D eigenvalue weighted by atomic mass is 9.93. The van der Waals surface area contributed by atoms with E-state index in [4.69, 9.17) is 0 Å². The molecule has 0 fully saturated rings. The van der Waals surface area contributed by atoms with Crippen molar-refractivity contribution in [2.45, 2.75) is 13.8 Å². The maximum Gasteiger partial charge on any atom is 0.0537 e. The summed E-state index contributed by atoms with van der Waals surface area (Å²) in [7, 11) is 0. The van der Waals surface area contributed by atoms with E-state index >= 15 is 0 Å². The van der Waals surface area contributed by atoms with Crippen molar-refractivity contribution in [1.29, 1.82) is 0 Å². The van der Waals surface area contributed by atoms with Gasteiger partial charge in [-0.2, -0.15) is 0 Å². The van der Waals surface area contributed by atoms with Gasteiger partial charge < -0.3 is 4.57 Å². The van der Waals surface area contributed by atoms with Crippen LogP contribution in [-0.4, -0.2) is 4.57 Å². The zero-order valence-electron chi connectivity index (χ0n) is 14.5. The van der Waals surface area contributed by atoms with Crippen molar-refractivity contribution in [3.8, 4) is 5.69 Å². The van der Waals surface area contributed by atoms with E-state index in [1.807, 2.05) is 0 Å². The third-order valence-corrected chi connectivity index (χ3v) is 5.25. The van der Waals surface area contributed by atoms with Crippen LogP contribution < -0.4 is 0 Å². The summed E-state index contributed by atoms with van der Waals surface area (Å²) in [6.07, 6.45) is 2.18. The summed E-state index contributed by atoms with van der Waals surface area (Å²) in [4.78, 5) is 0. The minimum absolute atomic E-state index is 1.20. The van der Waals surface area contributed by atoms with E-state index in [9.17, 15) is 0 Å². The fourth-order valence-corrected chi connectivity index (χ4v) is 4.11. The van der Waals surface area contributed by atoms with Gasteiger partial charge in [0.05, 0.1) is 5.52 Å². The van der Waals surface area contributed by atoms with Crippen LogP contribution in [-0.2, 0) is 0 Å². The van der Waals surface area contributed by atoms with Crippen molar-refractivity contribution in [3.63, 3.8) is 0 Å². The Morgan fingerprint density at radius 1 is 0.640 bits per heavy atom. The fraction of sp³-hybridized carbons (Fsp3) is 0.0833. The number of fused-ring (bicyclic) bond motifs is 5. The maximum absolute atomic E-state index is 2.33. The van der Waals surface area contributed by atoms with Crippen LogP contribution in [0.5, 0.6) is 0 Å². The van der Waals surface area contributed by atoms with Crippen molar-refractivity contribution >= 4 is 32.4 Å². The van der Waals surface area contributed by atoms with Gasteiger partial charge in [0.2, 0.25) is 0 Å². The number of benzene rings is 4. The minimum atomic E-state index is 1.20. The number of rotatable bonds is 1. The first-order chi connectivity index (χ1) is 12.2. The van der Waals surface area contributed by atoms with Gasteiger partial charge in [0.1, 0.15) is 0 Å². The zero-order chi connectivity index (χ0) is 17.0. The molecule has 0 aliphatic heterocycles. The first-order valence-electron chi connectivity index (χ1n) is 8.72. The SMILES string of the molecule is Cc1cccc2ccc3c4ccn(-c5ccccc5)c4cc(C)c3c12. The number of para-hydroxylation sites is 1. The van der Waals surface area contributed by atoms with Crippen LogP contribution in [0.15, 0.2) is 79.0 Å². The molecule has 0 saturated heterocycles. The molecule has 1 heterocycles. The second-order valence-electron chi connectivity index (χ2n) is 6.81. The fourth-order valence-electron chi connectivity index (χ4n) is 4.11. The minimum Gasteiger partial charge on any atom is -0.317 e. The Morgan fingerprint density at radius 2 is 1.48 bits per heavy atom. The smallest absolute Gasteiger partial charge is 0.0537 e. The lowest BCUT2D eigenvalue weighted by molar-refractivity contribution is 1.13. The standard InChI is InChI=1S/C24H19N/c1-16-7-6-8-18-11-12-21-20-13-14-25(19-9-4-3-5-10-19)22(20)15-17(2)24(21)23(16)18/h3-15H,1-2H3. The Labute approximate surface area is 147 Å². The Bertz CT molecular complexity index is 1240. The van der Waals surface area contributed by atoms with Crippen molar-refractivity contribution in [3.05, 3.63) is 90.1 Å². The predicted molar refractivity (Wildman–Crippen MR) is 108 cm³/mol. The molecule has 1 heteroatoms. The van der Waals surface area contributed by atoms with Crippen LogP contribution in [0.4, 0.5) is 0 Å². The molecule has 1 nitrogen and oxygen atoms in total. The van der Waals surface area contributed by atoms with E-state index in [-0.39, 0.29) is 0 Å². The Hall–Kier alpha value is -3.06. The molecule has 0 radical (unpaired) electrons. The summed E-state index contributed by atoms with van der Waals surface area (Å²) < 4.78 is 2.28. The number of aryl methyl sites for hydroxylation is 2. The molecule has 0 N–H and O–H groups in total. The predicted octanol–water partition coefficient (Wildman–Crippen LogP) is 6.55. The molecule has 0 atom stereocenters. The monoisotopic (exact) mass is 321 g/mol. The molecule has 0 saturated carbocycles. The van der Waals surface area contributed by atoms with Gasteiger partial charge in [0.25, 0.3) is 0 Å². The Morgan fingerprint density at radius 3 is 2.32 bits per heavy atom. The van der Waals surface area contributed by atoms with E-state index in [2.05, 4.69) is 97.4 Å². The normalized spacial score (nSPS) is 11.6. The van der Waals surface area contributed by atoms with Crippen molar-refractivity contribution in [2.24, 2.45) is 0 Å². The van der Waals surface area contributed by atoms with Crippen LogP contribution in [0.3, 0.4) is 0 Å². The first-order valence-corrected chi connectivity index (χ1v) is 8.72. The van der Waals surface area contributed by atoms with E-state index in [1.54, 1.807) is 0 Å². The molecule has 5 rings (SSSR count). The topological polar surface area (TPSA) is 4.93 Å². The summed E-state index contributed by atoms with van der Waals surface area (Å²) in [6.45, 7) is 4.44. The highest BCUT2D eigenvalue weighted by atomic mass is 15.0. The third-order valence-electron chi connectivity index (χ3n) is 5.25. The van der Waals surface area contributed by atoms with E-state index < -0.39 is 0 Å². The van der Waals surface area contributed by atoms with E-state index in [0.717, 1.165) is 0 Å². The molecule has 120 valence electrons. The van der Waals surface area contributed by atoms with E-state index in [1.165, 1.54) is 49.3 Å². The molecular formula is C24H19N. The highest BCUT2D eigenvalue weighted by molar-refractivity contribution is 6.19. The van der Waals surface area contributed by atoms with Gasteiger partial charge in [-0.3, -0.25) is 0 Å². The van der Waals surface area contributed by atoms with E-state index in [0.29, 0.717) is 0 Å².